The summed E-state index contributed by atoms with van der Waals surface area (Å²) >= 11 is 0. The molecule has 0 aliphatic rings. The van der Waals surface area contributed by atoms with Gasteiger partial charge in [0.1, 0.15) is 12.0 Å². The molecule has 0 aliphatic carbocycles. The first-order valence-corrected chi connectivity index (χ1v) is 2.85. The van der Waals surface area contributed by atoms with Crippen LogP contribution in [0.5, 0.6) is 0 Å². The number of aryl methyl sites for hydroxylation is 1. The summed E-state index contributed by atoms with van der Waals surface area (Å²) in [6, 6.07) is 0. The lowest BCUT2D eigenvalue weighted by Crippen LogP contribution is -2.02. The molecule has 49 valence electrons. The van der Waals surface area contributed by atoms with Gasteiger partial charge in [-0.2, -0.15) is 0 Å². The number of aliphatic hydroxyl groups excluding tert-OH is 1. The van der Waals surface area contributed by atoms with E-state index in [1.54, 1.807) is 6.20 Å². The van der Waals surface area contributed by atoms with Gasteiger partial charge < -0.3 is 9.67 Å². The van der Waals surface area contributed by atoms with Crippen LogP contribution in [0.15, 0.2) is 6.20 Å². The van der Waals surface area contributed by atoms with Crippen molar-refractivity contribution in [2.75, 3.05) is 6.61 Å². The summed E-state index contributed by atoms with van der Waals surface area (Å²) in [5, 5.41) is 8.50. The molecule has 1 aromatic rings. The molecule has 3 heteroatoms. The zero-order valence-corrected chi connectivity index (χ0v) is 5.33. The van der Waals surface area contributed by atoms with E-state index in [4.69, 9.17) is 5.11 Å². The van der Waals surface area contributed by atoms with Gasteiger partial charge in [0.15, 0.2) is 0 Å². The Bertz CT molecular complexity index is 183. The SMILES string of the molecule is Cc1n[c]cn1CCO. The van der Waals surface area contributed by atoms with Crippen LogP contribution in [-0.4, -0.2) is 21.3 Å². The van der Waals surface area contributed by atoms with Crippen molar-refractivity contribution in [3.8, 4) is 0 Å². The van der Waals surface area contributed by atoms with Crippen molar-refractivity contribution in [1.29, 1.82) is 0 Å². The molecule has 1 heterocycles. The van der Waals surface area contributed by atoms with Gasteiger partial charge in [-0.15, -0.1) is 0 Å². The molecular weight excluding hydrogens is 116 g/mol. The van der Waals surface area contributed by atoms with E-state index in [0.717, 1.165) is 5.82 Å². The van der Waals surface area contributed by atoms with Crippen molar-refractivity contribution in [2.24, 2.45) is 0 Å². The fourth-order valence-corrected chi connectivity index (χ4v) is 0.684. The van der Waals surface area contributed by atoms with Crippen molar-refractivity contribution in [3.05, 3.63) is 18.2 Å². The Kier molecular flexibility index (Phi) is 1.85. The van der Waals surface area contributed by atoms with Crippen molar-refractivity contribution in [1.82, 2.24) is 9.55 Å². The number of nitrogens with zero attached hydrogens (tertiary/aromatic N) is 2. The second kappa shape index (κ2) is 2.64. The Hall–Kier alpha value is -0.830. The standard InChI is InChI=1S/C6H9N2O/c1-6-7-2-3-8(6)4-5-9/h3,9H,4-5H2,1H3. The van der Waals surface area contributed by atoms with Crippen LogP contribution in [0, 0.1) is 13.1 Å². The zero-order chi connectivity index (χ0) is 6.69. The van der Waals surface area contributed by atoms with Gasteiger partial charge in [-0.3, -0.25) is 0 Å². The van der Waals surface area contributed by atoms with Crippen LogP contribution in [0.2, 0.25) is 0 Å². The van der Waals surface area contributed by atoms with E-state index < -0.39 is 0 Å². The Labute approximate surface area is 54.0 Å². The molecule has 0 bridgehead atoms. The number of rotatable bonds is 2. The molecule has 1 aromatic heterocycles. The molecule has 9 heavy (non-hydrogen) atoms. The van der Waals surface area contributed by atoms with Gasteiger partial charge >= 0.3 is 0 Å². The fraction of sp³-hybridized carbons (Fsp3) is 0.500. The molecule has 1 radical (unpaired) electrons. The van der Waals surface area contributed by atoms with Crippen molar-refractivity contribution < 1.29 is 5.11 Å². The topological polar surface area (TPSA) is 38.0 Å². The van der Waals surface area contributed by atoms with Crippen molar-refractivity contribution >= 4 is 0 Å². The molecule has 1 rings (SSSR count). The molecule has 0 saturated carbocycles. The van der Waals surface area contributed by atoms with Gasteiger partial charge in [-0.05, 0) is 6.92 Å². The Morgan fingerprint density at radius 1 is 1.89 bits per heavy atom. The fourth-order valence-electron chi connectivity index (χ4n) is 0.684. The minimum Gasteiger partial charge on any atom is -0.395 e. The summed E-state index contributed by atoms with van der Waals surface area (Å²) in [6.07, 6.45) is 4.41. The maximum atomic E-state index is 8.50. The van der Waals surface area contributed by atoms with Crippen LogP contribution in [0.25, 0.3) is 0 Å². The highest BCUT2D eigenvalue weighted by Crippen LogP contribution is 1.91. The Morgan fingerprint density at radius 3 is 3.11 bits per heavy atom. The largest absolute Gasteiger partial charge is 0.395 e. The summed E-state index contributed by atoms with van der Waals surface area (Å²) in [5.74, 6) is 0.893. The lowest BCUT2D eigenvalue weighted by atomic mass is 10.6. The molecule has 1 N–H and O–H groups in total. The molecule has 0 spiro atoms. The smallest absolute Gasteiger partial charge is 0.109 e. The molecule has 0 aromatic carbocycles. The number of hydrogen-bond acceptors (Lipinski definition) is 2. The van der Waals surface area contributed by atoms with Crippen LogP contribution in [0.1, 0.15) is 5.82 Å². The third-order valence-electron chi connectivity index (χ3n) is 1.20. The van der Waals surface area contributed by atoms with Gasteiger partial charge in [0.25, 0.3) is 0 Å². The lowest BCUT2D eigenvalue weighted by Gasteiger charge is -1.98. The molecule has 0 amide bonds. The van der Waals surface area contributed by atoms with E-state index in [-0.39, 0.29) is 6.61 Å². The third kappa shape index (κ3) is 1.29. The van der Waals surface area contributed by atoms with E-state index in [9.17, 15) is 0 Å². The molecule has 0 fully saturated rings. The maximum absolute atomic E-state index is 8.50. The summed E-state index contributed by atoms with van der Waals surface area (Å²) in [4.78, 5) is 3.86. The van der Waals surface area contributed by atoms with E-state index in [1.807, 2.05) is 11.5 Å². The van der Waals surface area contributed by atoms with Gasteiger partial charge in [0.2, 0.25) is 0 Å². The van der Waals surface area contributed by atoms with Crippen LogP contribution >= 0.6 is 0 Å². The molecule has 3 nitrogen and oxygen atoms in total. The van der Waals surface area contributed by atoms with E-state index in [2.05, 4.69) is 11.2 Å². The average molecular weight is 125 g/mol. The first-order valence-electron chi connectivity index (χ1n) is 2.85. The molecular formula is C6H9N2O. The number of imidazole rings is 1. The highest BCUT2D eigenvalue weighted by Gasteiger charge is 1.92. The summed E-state index contributed by atoms with van der Waals surface area (Å²) in [6.45, 7) is 2.65. The van der Waals surface area contributed by atoms with Crippen LogP contribution in [0.3, 0.4) is 0 Å². The minimum atomic E-state index is 0.158. The Morgan fingerprint density at radius 2 is 2.67 bits per heavy atom. The van der Waals surface area contributed by atoms with E-state index in [0.29, 0.717) is 6.54 Å². The highest BCUT2D eigenvalue weighted by atomic mass is 16.3. The quantitative estimate of drug-likeness (QED) is 0.603. The van der Waals surface area contributed by atoms with Gasteiger partial charge in [-0.1, -0.05) is 0 Å². The van der Waals surface area contributed by atoms with Crippen molar-refractivity contribution in [3.63, 3.8) is 0 Å². The monoisotopic (exact) mass is 125 g/mol. The van der Waals surface area contributed by atoms with Crippen LogP contribution < -0.4 is 0 Å². The summed E-state index contributed by atoms with van der Waals surface area (Å²) < 4.78 is 1.85. The number of hydrogen-bond donors (Lipinski definition) is 1. The molecule has 0 aliphatic heterocycles. The first kappa shape index (κ1) is 6.29. The number of aliphatic hydroxyl groups is 1. The summed E-state index contributed by atoms with van der Waals surface area (Å²) in [7, 11) is 0. The maximum Gasteiger partial charge on any atom is 0.109 e. The van der Waals surface area contributed by atoms with Gasteiger partial charge in [0.05, 0.1) is 6.61 Å². The lowest BCUT2D eigenvalue weighted by molar-refractivity contribution is 0.275. The van der Waals surface area contributed by atoms with Crippen LogP contribution in [0.4, 0.5) is 0 Å². The van der Waals surface area contributed by atoms with Gasteiger partial charge in [0, 0.05) is 12.7 Å². The minimum absolute atomic E-state index is 0.158. The predicted octanol–water partition coefficient (Wildman–Crippen LogP) is -0.0160. The average Bonchev–Trinajstić information content (AvgIpc) is 2.18. The van der Waals surface area contributed by atoms with E-state index >= 15 is 0 Å². The van der Waals surface area contributed by atoms with E-state index in [1.165, 1.54) is 0 Å². The second-order valence-corrected chi connectivity index (χ2v) is 1.83. The van der Waals surface area contributed by atoms with Crippen LogP contribution in [-0.2, 0) is 6.54 Å². The first-order chi connectivity index (χ1) is 4.34. The molecule has 0 saturated heterocycles. The second-order valence-electron chi connectivity index (χ2n) is 1.83. The number of aromatic nitrogens is 2. The Balaban J connectivity index is 2.69. The highest BCUT2D eigenvalue weighted by molar-refractivity contribution is 4.86. The predicted molar refractivity (Wildman–Crippen MR) is 32.9 cm³/mol. The van der Waals surface area contributed by atoms with Crippen molar-refractivity contribution in [2.45, 2.75) is 13.5 Å². The molecule has 0 unspecified atom stereocenters. The zero-order valence-electron chi connectivity index (χ0n) is 5.33. The normalized spacial score (nSPS) is 10.0. The van der Waals surface area contributed by atoms with Gasteiger partial charge in [-0.25, -0.2) is 4.98 Å². The third-order valence-corrected chi connectivity index (χ3v) is 1.20. The molecule has 0 atom stereocenters. The summed E-state index contributed by atoms with van der Waals surface area (Å²) in [5.41, 5.74) is 0.